The van der Waals surface area contributed by atoms with E-state index in [2.05, 4.69) is 4.98 Å². The Balaban J connectivity index is 1.65. The molecule has 2 aromatic heterocycles. The van der Waals surface area contributed by atoms with E-state index in [0.29, 0.717) is 36.6 Å². The van der Waals surface area contributed by atoms with E-state index in [9.17, 15) is 14.7 Å². The van der Waals surface area contributed by atoms with E-state index in [-0.39, 0.29) is 17.4 Å². The molecule has 172 valence electrons. The average Bonchev–Trinajstić information content (AvgIpc) is 3.51. The minimum Gasteiger partial charge on any atom is -0.503 e. The number of aromatic amines is 1. The number of aliphatic hydroxyl groups is 1. The Morgan fingerprint density at radius 2 is 2.00 bits per heavy atom. The van der Waals surface area contributed by atoms with Gasteiger partial charge < -0.3 is 19.2 Å². The Bertz CT molecular complexity index is 1160. The van der Waals surface area contributed by atoms with Gasteiger partial charge in [-0.25, -0.2) is 4.57 Å². The van der Waals surface area contributed by atoms with Crippen LogP contribution in [0.4, 0.5) is 0 Å². The van der Waals surface area contributed by atoms with E-state index in [4.69, 9.17) is 9.15 Å². The maximum absolute atomic E-state index is 13.3. The van der Waals surface area contributed by atoms with Gasteiger partial charge in [0.25, 0.3) is 5.91 Å². The van der Waals surface area contributed by atoms with Crippen molar-refractivity contribution in [2.75, 3.05) is 6.54 Å². The monoisotopic (exact) mass is 450 g/mol. The van der Waals surface area contributed by atoms with Crippen molar-refractivity contribution in [3.63, 3.8) is 0 Å². The first-order chi connectivity index (χ1) is 15.8. The van der Waals surface area contributed by atoms with Gasteiger partial charge in [-0.05, 0) is 50.6 Å². The van der Waals surface area contributed by atoms with Crippen LogP contribution < -0.4 is 9.30 Å². The molecule has 1 unspecified atom stereocenters. The molecule has 2 N–H and O–H groups in total. The number of ether oxygens (including phenoxy) is 1. The van der Waals surface area contributed by atoms with Gasteiger partial charge in [0.15, 0.2) is 11.5 Å². The first-order valence-corrected chi connectivity index (χ1v) is 11.0. The molecular formula is C25H28N3O5+. The van der Waals surface area contributed by atoms with Crippen molar-refractivity contribution in [1.82, 2.24) is 9.88 Å². The van der Waals surface area contributed by atoms with Crippen LogP contribution in [0.5, 0.6) is 5.75 Å². The topological polar surface area (TPSA) is 99.7 Å². The number of ketones is 1. The van der Waals surface area contributed by atoms with E-state index in [1.807, 2.05) is 61.4 Å². The highest BCUT2D eigenvalue weighted by Crippen LogP contribution is 2.39. The fourth-order valence-corrected chi connectivity index (χ4v) is 4.04. The van der Waals surface area contributed by atoms with E-state index < -0.39 is 23.5 Å². The van der Waals surface area contributed by atoms with Crippen molar-refractivity contribution in [1.29, 1.82) is 0 Å². The summed E-state index contributed by atoms with van der Waals surface area (Å²) in [6.07, 6.45) is 6.23. The summed E-state index contributed by atoms with van der Waals surface area (Å²) in [6, 6.07) is 9.78. The van der Waals surface area contributed by atoms with Gasteiger partial charge in [-0.2, -0.15) is 0 Å². The molecule has 0 radical (unpaired) electrons. The highest BCUT2D eigenvalue weighted by atomic mass is 16.5. The number of aliphatic hydroxyl groups excluding tert-OH is 1. The number of carbonyl (C=O) groups is 2. The van der Waals surface area contributed by atoms with Gasteiger partial charge in [0.1, 0.15) is 23.9 Å². The second-order valence-electron chi connectivity index (χ2n) is 8.34. The number of hydrogen-bond acceptors (Lipinski definition) is 5. The van der Waals surface area contributed by atoms with E-state index >= 15 is 0 Å². The largest absolute Gasteiger partial charge is 0.503 e. The molecule has 0 bridgehead atoms. The SMILES string of the molecule is Cc1ccc(C(=O)C2=C(O)C(=O)N(CCC[n+]3cc[nH]c3)C2c2ccc(OC(C)C)cc2)o1. The lowest BCUT2D eigenvalue weighted by Gasteiger charge is -2.26. The average molecular weight is 451 g/mol. The maximum Gasteiger partial charge on any atom is 0.290 e. The molecule has 0 saturated heterocycles. The first-order valence-electron chi connectivity index (χ1n) is 11.0. The van der Waals surface area contributed by atoms with E-state index in [0.717, 1.165) is 0 Å². The van der Waals surface area contributed by atoms with Crippen LogP contribution in [0.2, 0.25) is 0 Å². The number of H-pyrrole nitrogens is 1. The van der Waals surface area contributed by atoms with Crippen molar-refractivity contribution >= 4 is 11.7 Å². The standard InChI is InChI=1S/C25H27N3O5/c1-16(2)32-19-8-6-18(7-9-19)22-21(23(29)20-10-5-17(3)33-20)24(30)25(31)28(22)13-4-12-27-14-11-26-15-27/h5-11,14-16,22H,4,12-13H2,1-3H3,(H,29,30)/p+1. The molecule has 1 aliphatic heterocycles. The highest BCUT2D eigenvalue weighted by Gasteiger charge is 2.44. The van der Waals surface area contributed by atoms with Crippen LogP contribution in [0, 0.1) is 6.92 Å². The van der Waals surface area contributed by atoms with Crippen molar-refractivity contribution in [2.45, 2.75) is 45.9 Å². The molecule has 0 saturated carbocycles. The van der Waals surface area contributed by atoms with Crippen LogP contribution in [-0.2, 0) is 11.3 Å². The number of Topliss-reactive ketones (excluding diaryl/α,β-unsaturated/α-hetero) is 1. The summed E-state index contributed by atoms with van der Waals surface area (Å²) in [5, 5.41) is 10.7. The Hall–Kier alpha value is -3.81. The summed E-state index contributed by atoms with van der Waals surface area (Å²) in [5.41, 5.74) is 0.741. The number of carbonyl (C=O) groups excluding carboxylic acids is 2. The Labute approximate surface area is 192 Å². The molecule has 3 aromatic rings. The van der Waals surface area contributed by atoms with Crippen LogP contribution in [0.15, 0.2) is 70.9 Å². The summed E-state index contributed by atoms with van der Waals surface area (Å²) in [5.74, 6) is -0.226. The third-order valence-corrected chi connectivity index (χ3v) is 5.50. The molecule has 3 heterocycles. The number of aromatic nitrogens is 2. The number of nitrogens with zero attached hydrogens (tertiary/aromatic N) is 2. The van der Waals surface area contributed by atoms with Crippen LogP contribution in [0.3, 0.4) is 0 Å². The zero-order chi connectivity index (χ0) is 23.5. The Morgan fingerprint density at radius 3 is 2.61 bits per heavy atom. The van der Waals surface area contributed by atoms with Gasteiger partial charge in [0.2, 0.25) is 12.1 Å². The summed E-state index contributed by atoms with van der Waals surface area (Å²) in [6.45, 7) is 6.67. The molecule has 4 rings (SSSR count). The van der Waals surface area contributed by atoms with Gasteiger partial charge in [0.05, 0.1) is 24.3 Å². The molecule has 1 aliphatic rings. The third-order valence-electron chi connectivity index (χ3n) is 5.50. The Morgan fingerprint density at radius 1 is 1.24 bits per heavy atom. The molecular weight excluding hydrogens is 422 g/mol. The molecule has 1 atom stereocenters. The van der Waals surface area contributed by atoms with Crippen LogP contribution in [0.1, 0.15) is 48.2 Å². The molecule has 0 fully saturated rings. The second kappa shape index (κ2) is 9.36. The number of nitrogens with one attached hydrogen (secondary N) is 1. The number of amides is 1. The van der Waals surface area contributed by atoms with Gasteiger partial charge in [-0.3, -0.25) is 14.6 Å². The van der Waals surface area contributed by atoms with Gasteiger partial charge in [-0.15, -0.1) is 0 Å². The van der Waals surface area contributed by atoms with Crippen molar-refractivity contribution in [2.24, 2.45) is 0 Å². The van der Waals surface area contributed by atoms with Crippen molar-refractivity contribution in [3.8, 4) is 5.75 Å². The lowest BCUT2D eigenvalue weighted by Crippen LogP contribution is -2.36. The zero-order valence-electron chi connectivity index (χ0n) is 18.9. The van der Waals surface area contributed by atoms with Crippen LogP contribution in [-0.4, -0.2) is 39.3 Å². The summed E-state index contributed by atoms with van der Waals surface area (Å²) in [7, 11) is 0. The minimum absolute atomic E-state index is 0.0228. The second-order valence-corrected chi connectivity index (χ2v) is 8.34. The highest BCUT2D eigenvalue weighted by molar-refractivity contribution is 6.15. The number of imidazole rings is 1. The predicted octanol–water partition coefficient (Wildman–Crippen LogP) is 3.66. The number of rotatable bonds is 9. The van der Waals surface area contributed by atoms with Gasteiger partial charge in [-0.1, -0.05) is 12.1 Å². The van der Waals surface area contributed by atoms with E-state index in [1.54, 1.807) is 24.0 Å². The lowest BCUT2D eigenvalue weighted by atomic mass is 9.95. The van der Waals surface area contributed by atoms with E-state index in [1.165, 1.54) is 0 Å². The van der Waals surface area contributed by atoms with Gasteiger partial charge in [0, 0.05) is 13.0 Å². The minimum atomic E-state index is -0.722. The zero-order valence-corrected chi connectivity index (χ0v) is 18.9. The number of benzene rings is 1. The first kappa shape index (κ1) is 22.4. The maximum atomic E-state index is 13.3. The molecule has 1 amide bonds. The predicted molar refractivity (Wildman–Crippen MR) is 120 cm³/mol. The van der Waals surface area contributed by atoms with Crippen LogP contribution in [0.25, 0.3) is 0 Å². The smallest absolute Gasteiger partial charge is 0.290 e. The summed E-state index contributed by atoms with van der Waals surface area (Å²) >= 11 is 0. The molecule has 1 aromatic carbocycles. The number of furan rings is 1. The fraction of sp³-hybridized carbons (Fsp3) is 0.320. The number of aryl methyl sites for hydroxylation is 2. The third kappa shape index (κ3) is 4.69. The normalized spacial score (nSPS) is 16.2. The Kier molecular flexibility index (Phi) is 6.35. The molecule has 8 nitrogen and oxygen atoms in total. The number of hydrogen-bond donors (Lipinski definition) is 2. The summed E-state index contributed by atoms with van der Waals surface area (Å²) in [4.78, 5) is 30.9. The van der Waals surface area contributed by atoms with Gasteiger partial charge >= 0.3 is 0 Å². The lowest BCUT2D eigenvalue weighted by molar-refractivity contribution is -0.695. The molecule has 0 aliphatic carbocycles. The fourth-order valence-electron chi connectivity index (χ4n) is 4.04. The quantitative estimate of drug-likeness (QED) is 0.383. The molecule has 33 heavy (non-hydrogen) atoms. The molecule has 0 spiro atoms. The van der Waals surface area contributed by atoms with Crippen molar-refractivity contribution < 1.29 is 28.4 Å². The summed E-state index contributed by atoms with van der Waals surface area (Å²) < 4.78 is 13.2. The van der Waals surface area contributed by atoms with Crippen molar-refractivity contribution in [3.05, 3.63) is 83.5 Å². The molecule has 8 heteroatoms. The van der Waals surface area contributed by atoms with Crippen LogP contribution >= 0.6 is 0 Å².